The Bertz CT molecular complexity index is 2140. The van der Waals surface area contributed by atoms with Crippen LogP contribution < -0.4 is 24.8 Å². The van der Waals surface area contributed by atoms with Crippen LogP contribution in [0.4, 0.5) is 0 Å². The highest BCUT2D eigenvalue weighted by molar-refractivity contribution is 6.11. The maximum atomic E-state index is 14.3. The lowest BCUT2D eigenvalue weighted by Gasteiger charge is -2.35. The van der Waals surface area contributed by atoms with Crippen LogP contribution in [0.15, 0.2) is 46.2 Å². The highest BCUT2D eigenvalue weighted by atomic mass is 16.6. The smallest absolute Gasteiger partial charge is 0.375 e. The quantitative estimate of drug-likeness (QED) is 0.194. The summed E-state index contributed by atoms with van der Waals surface area (Å²) in [5, 5.41) is 45.6. The van der Waals surface area contributed by atoms with Crippen molar-refractivity contribution >= 4 is 29.7 Å². The van der Waals surface area contributed by atoms with Gasteiger partial charge in [0.25, 0.3) is 0 Å². The van der Waals surface area contributed by atoms with E-state index in [0.29, 0.717) is 54.4 Å². The molecule has 8 rings (SSSR count). The van der Waals surface area contributed by atoms with Gasteiger partial charge in [0.15, 0.2) is 6.29 Å². The molecule has 0 radical (unpaired) electrons. The Morgan fingerprint density at radius 3 is 2.70 bits per heavy atom. The van der Waals surface area contributed by atoms with Crippen LogP contribution in [0, 0.1) is 11.8 Å². The molecule has 2 bridgehead atoms. The molecule has 12 nitrogen and oxygen atoms in total. The van der Waals surface area contributed by atoms with Crippen LogP contribution in [0.3, 0.4) is 0 Å². The number of aldehydes is 1. The number of hydrogen-bond donors (Lipinski definition) is 4. The van der Waals surface area contributed by atoms with Crippen LogP contribution in [0.25, 0.3) is 11.6 Å². The van der Waals surface area contributed by atoms with Gasteiger partial charge in [-0.2, -0.15) is 0 Å². The van der Waals surface area contributed by atoms with Crippen molar-refractivity contribution in [2.75, 3.05) is 33.0 Å². The van der Waals surface area contributed by atoms with Crippen molar-refractivity contribution in [1.29, 1.82) is 0 Å². The highest BCUT2D eigenvalue weighted by Crippen LogP contribution is 2.60. The minimum absolute atomic E-state index is 0.00793. The number of ketones is 1. The van der Waals surface area contributed by atoms with E-state index in [0.717, 1.165) is 21.7 Å². The number of fused-ring (bicyclic) bond motifs is 9. The Hall–Kier alpha value is -4.62. The molecule has 6 atom stereocenters. The minimum Gasteiger partial charge on any atom is -0.492 e. The monoisotopic (exact) mass is 725 g/mol. The van der Waals surface area contributed by atoms with E-state index in [-0.39, 0.29) is 78.5 Å². The summed E-state index contributed by atoms with van der Waals surface area (Å²) in [4.78, 5) is 45.8. The standard InChI is InChI=1S/C41H43NO11/c1-3-50-40(48)37-28(17-45)31-23-11-24(16-44)34(47)27(13-23)26-12-22-8-10-42-30(22)14-21(26)7-6-20(15-43)19-51-38-32-25-5-4-9-41(2,49)39(25)53-35(32)29(18-46)36(52-37)33(31)38/h4-5,8,12,14,17,20,24-25,27,39,43-44,46,49H,3,6-7,9-11,13,15-16,18-19H2,1-2H3/b31-23-/t20-,24-,25-,27-,39-,41+/m0/s1. The summed E-state index contributed by atoms with van der Waals surface area (Å²) < 4.78 is 25.0. The first-order chi connectivity index (χ1) is 25.6. The zero-order valence-corrected chi connectivity index (χ0v) is 29.7. The number of Topliss-reactive ketones (excluding diaryl/α,β-unsaturated/α-hetero) is 1. The van der Waals surface area contributed by atoms with Gasteiger partial charge in [0.2, 0.25) is 5.76 Å². The predicted octanol–water partition coefficient (Wildman–Crippen LogP) is 2.00. The maximum absolute atomic E-state index is 14.3. The van der Waals surface area contributed by atoms with Gasteiger partial charge in [0.05, 0.1) is 55.0 Å². The fourth-order valence-corrected chi connectivity index (χ4v) is 8.97. The van der Waals surface area contributed by atoms with E-state index in [1.54, 1.807) is 13.8 Å². The molecule has 2 aliphatic carbocycles. The Kier molecular flexibility index (Phi) is 9.13. The average Bonchev–Trinajstić information content (AvgIpc) is 3.78. The molecule has 0 saturated heterocycles. The Morgan fingerprint density at radius 2 is 1.96 bits per heavy atom. The van der Waals surface area contributed by atoms with Gasteiger partial charge >= 0.3 is 5.97 Å². The zero-order chi connectivity index (χ0) is 37.2. The van der Waals surface area contributed by atoms with Crippen LogP contribution in [-0.4, -0.2) is 83.1 Å². The zero-order valence-electron chi connectivity index (χ0n) is 29.7. The lowest BCUT2D eigenvalue weighted by Crippen LogP contribution is -2.45. The van der Waals surface area contributed by atoms with Gasteiger partial charge in [0.1, 0.15) is 34.7 Å². The largest absolute Gasteiger partial charge is 0.492 e. The molecule has 53 heavy (non-hydrogen) atoms. The number of nitrogens with zero attached hydrogens (tertiary/aromatic N) is 1. The van der Waals surface area contributed by atoms with E-state index in [2.05, 4.69) is 4.99 Å². The van der Waals surface area contributed by atoms with Crippen molar-refractivity contribution in [3.8, 4) is 17.2 Å². The number of allylic oxidation sites excluding steroid dienone is 3. The van der Waals surface area contributed by atoms with Gasteiger partial charge in [-0.15, -0.1) is 0 Å². The fourth-order valence-electron chi connectivity index (χ4n) is 8.97. The van der Waals surface area contributed by atoms with Crippen LogP contribution in [0.5, 0.6) is 17.2 Å². The molecule has 2 aromatic rings. The summed E-state index contributed by atoms with van der Waals surface area (Å²) in [6.07, 6.45) is 7.15. The molecule has 12 heteroatoms. The Morgan fingerprint density at radius 1 is 1.13 bits per heavy atom. The number of esters is 1. The van der Waals surface area contributed by atoms with E-state index in [4.69, 9.17) is 18.9 Å². The number of carbonyl (C=O) groups is 3. The van der Waals surface area contributed by atoms with Crippen LogP contribution in [0.1, 0.15) is 79.2 Å². The second-order valence-electron chi connectivity index (χ2n) is 14.9. The molecule has 1 saturated carbocycles. The van der Waals surface area contributed by atoms with Gasteiger partial charge < -0.3 is 39.4 Å². The molecular weight excluding hydrogens is 682 g/mol. The van der Waals surface area contributed by atoms with Crippen molar-refractivity contribution < 1.29 is 53.8 Å². The summed E-state index contributed by atoms with van der Waals surface area (Å²) in [6, 6.07) is 4.00. The predicted molar refractivity (Wildman–Crippen MR) is 190 cm³/mol. The van der Waals surface area contributed by atoms with Crippen molar-refractivity contribution in [2.45, 2.75) is 76.1 Å². The number of hydrogen-bond acceptors (Lipinski definition) is 12. The topological polar surface area (TPSA) is 181 Å². The lowest BCUT2D eigenvalue weighted by atomic mass is 9.70. The summed E-state index contributed by atoms with van der Waals surface area (Å²) in [7, 11) is 0. The molecule has 6 aliphatic rings. The number of benzene rings is 2. The summed E-state index contributed by atoms with van der Waals surface area (Å²) in [5.74, 6) is -3.33. The third-order valence-electron chi connectivity index (χ3n) is 11.6. The molecular formula is C41H43NO11. The SMILES string of the molecule is CCOC(=O)C1=C(C=O)/C2=C3\C[C@@H](CO)C(=O)[C@@H](C3)c3cc4c(cc3CC[C@@H](CO)COc3c2c(c(CO)c2c3[C@@H]3C=CC[C@@](C)(O)[C@H]3O2)O1)=NCC=4. The molecule has 2 aromatic carbocycles. The molecule has 0 spiro atoms. The summed E-state index contributed by atoms with van der Waals surface area (Å²) >= 11 is 0. The van der Waals surface area contributed by atoms with Crippen molar-refractivity contribution in [2.24, 2.45) is 16.8 Å². The Labute approximate surface area is 305 Å². The number of ether oxygens (including phenoxy) is 4. The second-order valence-corrected chi connectivity index (χ2v) is 14.9. The fraction of sp³-hybridized carbons (Fsp3) is 0.463. The number of rotatable bonds is 6. The van der Waals surface area contributed by atoms with Crippen LogP contribution in [-0.2, 0) is 32.1 Å². The van der Waals surface area contributed by atoms with Gasteiger partial charge in [-0.25, -0.2) is 4.79 Å². The van der Waals surface area contributed by atoms with Crippen LogP contribution in [0.2, 0.25) is 0 Å². The first-order valence-corrected chi connectivity index (χ1v) is 18.4. The van der Waals surface area contributed by atoms with Crippen molar-refractivity contribution in [3.63, 3.8) is 0 Å². The van der Waals surface area contributed by atoms with E-state index in [1.165, 1.54) is 0 Å². The van der Waals surface area contributed by atoms with E-state index in [9.17, 15) is 34.8 Å². The minimum atomic E-state index is -1.29. The molecule has 0 amide bonds. The molecule has 1 fully saturated rings. The molecule has 4 heterocycles. The molecule has 4 aliphatic heterocycles. The molecule has 4 N–H and O–H groups in total. The van der Waals surface area contributed by atoms with Crippen LogP contribution >= 0.6 is 0 Å². The first-order valence-electron chi connectivity index (χ1n) is 18.4. The van der Waals surface area contributed by atoms with E-state index < -0.39 is 48.6 Å². The second kappa shape index (κ2) is 13.7. The van der Waals surface area contributed by atoms with Gasteiger partial charge in [0, 0.05) is 41.4 Å². The number of carbonyl (C=O) groups excluding carboxylic acids is 3. The highest BCUT2D eigenvalue weighted by Gasteiger charge is 2.51. The van der Waals surface area contributed by atoms with Crippen molar-refractivity contribution in [3.05, 3.63) is 79.6 Å². The first kappa shape index (κ1) is 35.4. The van der Waals surface area contributed by atoms with Gasteiger partial charge in [-0.1, -0.05) is 23.8 Å². The normalized spacial score (nSPS) is 29.5. The average molecular weight is 726 g/mol. The maximum Gasteiger partial charge on any atom is 0.375 e. The third-order valence-corrected chi connectivity index (χ3v) is 11.6. The summed E-state index contributed by atoms with van der Waals surface area (Å²) in [6.45, 7) is 2.62. The van der Waals surface area contributed by atoms with Gasteiger partial charge in [-0.05, 0) is 74.4 Å². The van der Waals surface area contributed by atoms with E-state index >= 15 is 0 Å². The molecule has 0 unspecified atom stereocenters. The van der Waals surface area contributed by atoms with E-state index in [1.807, 2.05) is 30.4 Å². The number of aliphatic hydroxyl groups excluding tert-OH is 3. The Balaban J connectivity index is 1.47. The number of aryl methyl sites for hydroxylation is 1. The number of aliphatic hydroxyl groups is 4. The van der Waals surface area contributed by atoms with Crippen molar-refractivity contribution in [1.82, 2.24) is 0 Å². The molecule has 278 valence electrons. The lowest BCUT2D eigenvalue weighted by molar-refractivity contribution is -0.141. The summed E-state index contributed by atoms with van der Waals surface area (Å²) in [5.41, 5.74) is 2.23. The third kappa shape index (κ3) is 5.65. The van der Waals surface area contributed by atoms with Gasteiger partial charge in [-0.3, -0.25) is 14.6 Å². The molecule has 0 aromatic heterocycles.